The second-order valence-electron chi connectivity index (χ2n) is 6.09. The van der Waals surface area contributed by atoms with Gasteiger partial charge < -0.3 is 15.4 Å². The predicted molar refractivity (Wildman–Crippen MR) is 81.8 cm³/mol. The molecule has 4 nitrogen and oxygen atoms in total. The summed E-state index contributed by atoms with van der Waals surface area (Å²) in [7, 11) is 0. The Labute approximate surface area is 126 Å². The van der Waals surface area contributed by atoms with Crippen molar-refractivity contribution < 1.29 is 9.53 Å². The lowest BCUT2D eigenvalue weighted by molar-refractivity contribution is -0.150. The van der Waals surface area contributed by atoms with Crippen molar-refractivity contribution in [1.29, 1.82) is 0 Å². The highest BCUT2D eigenvalue weighted by atomic mass is 16.5. The Hall–Kier alpha value is -1.39. The summed E-state index contributed by atoms with van der Waals surface area (Å²) >= 11 is 0. The van der Waals surface area contributed by atoms with E-state index in [9.17, 15) is 4.79 Å². The highest BCUT2D eigenvalue weighted by Crippen LogP contribution is 2.28. The number of amides is 1. The fourth-order valence-electron chi connectivity index (χ4n) is 3.54. The summed E-state index contributed by atoms with van der Waals surface area (Å²) in [4.78, 5) is 14.7. The van der Waals surface area contributed by atoms with E-state index in [0.29, 0.717) is 19.6 Å². The standard InChI is InChI=1S/C17H24N2O2/c18-14(12-13-6-2-1-3-7-13)17(20)19-10-11-21-16-9-5-4-8-15(16)19/h1-3,6-7,14-16H,4-5,8-12,18H2. The van der Waals surface area contributed by atoms with Gasteiger partial charge in [0, 0.05) is 6.54 Å². The van der Waals surface area contributed by atoms with Gasteiger partial charge in [0.25, 0.3) is 0 Å². The molecule has 3 rings (SSSR count). The van der Waals surface area contributed by atoms with Crippen molar-refractivity contribution in [3.8, 4) is 0 Å². The van der Waals surface area contributed by atoms with E-state index in [4.69, 9.17) is 10.5 Å². The molecule has 0 radical (unpaired) electrons. The molecule has 0 spiro atoms. The highest BCUT2D eigenvalue weighted by molar-refractivity contribution is 5.82. The predicted octanol–water partition coefficient (Wildman–Crippen LogP) is 1.73. The molecule has 1 amide bonds. The molecule has 1 saturated carbocycles. The normalized spacial score (nSPS) is 27.0. The van der Waals surface area contributed by atoms with Crippen LogP contribution in [0.4, 0.5) is 0 Å². The number of fused-ring (bicyclic) bond motifs is 1. The zero-order valence-corrected chi connectivity index (χ0v) is 12.4. The summed E-state index contributed by atoms with van der Waals surface area (Å²) < 4.78 is 5.83. The van der Waals surface area contributed by atoms with E-state index in [1.165, 1.54) is 12.8 Å². The lowest BCUT2D eigenvalue weighted by Crippen LogP contribution is -2.58. The maximum absolute atomic E-state index is 12.7. The minimum Gasteiger partial charge on any atom is -0.374 e. The van der Waals surface area contributed by atoms with E-state index in [-0.39, 0.29) is 18.1 Å². The third kappa shape index (κ3) is 3.27. The molecule has 1 aromatic carbocycles. The number of nitrogens with two attached hydrogens (primary N) is 1. The maximum atomic E-state index is 12.7. The van der Waals surface area contributed by atoms with Gasteiger partial charge in [-0.1, -0.05) is 43.2 Å². The molecule has 2 N–H and O–H groups in total. The Morgan fingerprint density at radius 2 is 2.05 bits per heavy atom. The Kier molecular flexibility index (Phi) is 4.56. The Morgan fingerprint density at radius 3 is 2.86 bits per heavy atom. The van der Waals surface area contributed by atoms with Gasteiger partial charge in [-0.15, -0.1) is 0 Å². The molecule has 114 valence electrons. The van der Waals surface area contributed by atoms with Crippen molar-refractivity contribution in [2.75, 3.05) is 13.2 Å². The van der Waals surface area contributed by atoms with Crippen LogP contribution in [0.25, 0.3) is 0 Å². The number of carbonyl (C=O) groups is 1. The van der Waals surface area contributed by atoms with E-state index in [1.54, 1.807) is 0 Å². The molecule has 1 heterocycles. The van der Waals surface area contributed by atoms with Crippen molar-refractivity contribution >= 4 is 5.91 Å². The van der Waals surface area contributed by atoms with Crippen molar-refractivity contribution in [2.45, 2.75) is 50.3 Å². The smallest absolute Gasteiger partial charge is 0.240 e. The zero-order valence-electron chi connectivity index (χ0n) is 12.4. The molecule has 0 bridgehead atoms. The number of morpholine rings is 1. The number of hydrogen-bond donors (Lipinski definition) is 1. The van der Waals surface area contributed by atoms with Crippen molar-refractivity contribution in [3.63, 3.8) is 0 Å². The van der Waals surface area contributed by atoms with E-state index in [1.807, 2.05) is 35.2 Å². The number of rotatable bonds is 3. The third-order valence-corrected chi connectivity index (χ3v) is 4.63. The van der Waals surface area contributed by atoms with Crippen LogP contribution < -0.4 is 5.73 Å². The molecule has 3 atom stereocenters. The average Bonchev–Trinajstić information content (AvgIpc) is 2.54. The van der Waals surface area contributed by atoms with Gasteiger partial charge in [0.05, 0.1) is 24.8 Å². The lowest BCUT2D eigenvalue weighted by atomic mass is 9.89. The number of carbonyl (C=O) groups excluding carboxylic acids is 1. The van der Waals surface area contributed by atoms with Crippen molar-refractivity contribution in [2.24, 2.45) is 5.73 Å². The summed E-state index contributed by atoms with van der Waals surface area (Å²) in [6, 6.07) is 9.78. The van der Waals surface area contributed by atoms with Crippen LogP contribution >= 0.6 is 0 Å². The maximum Gasteiger partial charge on any atom is 0.240 e. The SMILES string of the molecule is NC(Cc1ccccc1)C(=O)N1CCOC2CCCCC21. The molecular weight excluding hydrogens is 264 g/mol. The lowest BCUT2D eigenvalue weighted by Gasteiger charge is -2.44. The Balaban J connectivity index is 1.65. The second-order valence-corrected chi connectivity index (χ2v) is 6.09. The van der Waals surface area contributed by atoms with Crippen LogP contribution in [0.3, 0.4) is 0 Å². The molecule has 1 aliphatic heterocycles. The van der Waals surface area contributed by atoms with E-state index < -0.39 is 6.04 Å². The Morgan fingerprint density at radius 1 is 1.29 bits per heavy atom. The van der Waals surface area contributed by atoms with Crippen LogP contribution in [0, 0.1) is 0 Å². The van der Waals surface area contributed by atoms with Crippen LogP contribution in [0.2, 0.25) is 0 Å². The van der Waals surface area contributed by atoms with Gasteiger partial charge in [-0.2, -0.15) is 0 Å². The second kappa shape index (κ2) is 6.58. The molecule has 2 aliphatic rings. The summed E-state index contributed by atoms with van der Waals surface area (Å²) in [5, 5.41) is 0. The van der Waals surface area contributed by atoms with Crippen LogP contribution in [0.15, 0.2) is 30.3 Å². The monoisotopic (exact) mass is 288 g/mol. The topological polar surface area (TPSA) is 55.6 Å². The molecule has 21 heavy (non-hydrogen) atoms. The zero-order chi connectivity index (χ0) is 14.7. The van der Waals surface area contributed by atoms with Gasteiger partial charge in [-0.25, -0.2) is 0 Å². The summed E-state index contributed by atoms with van der Waals surface area (Å²) in [5.74, 6) is 0.0825. The minimum absolute atomic E-state index is 0.0825. The molecule has 2 fully saturated rings. The van der Waals surface area contributed by atoms with Gasteiger partial charge in [0.1, 0.15) is 0 Å². The molecule has 1 aromatic rings. The van der Waals surface area contributed by atoms with E-state index in [2.05, 4.69) is 0 Å². The largest absolute Gasteiger partial charge is 0.374 e. The molecular formula is C17H24N2O2. The summed E-state index contributed by atoms with van der Waals surface area (Å²) in [6.45, 7) is 1.33. The number of hydrogen-bond acceptors (Lipinski definition) is 3. The summed E-state index contributed by atoms with van der Waals surface area (Å²) in [5.41, 5.74) is 7.29. The van der Waals surface area contributed by atoms with Crippen molar-refractivity contribution in [3.05, 3.63) is 35.9 Å². The molecule has 4 heteroatoms. The van der Waals surface area contributed by atoms with Crippen LogP contribution in [0.1, 0.15) is 31.2 Å². The first-order valence-electron chi connectivity index (χ1n) is 7.97. The van der Waals surface area contributed by atoms with Crippen LogP contribution in [-0.4, -0.2) is 42.1 Å². The van der Waals surface area contributed by atoms with Gasteiger partial charge in [-0.05, 0) is 24.8 Å². The minimum atomic E-state index is -0.451. The number of nitrogens with zero attached hydrogens (tertiary/aromatic N) is 1. The quantitative estimate of drug-likeness (QED) is 0.921. The van der Waals surface area contributed by atoms with Gasteiger partial charge in [0.2, 0.25) is 5.91 Å². The average molecular weight is 288 g/mol. The fourth-order valence-corrected chi connectivity index (χ4v) is 3.54. The van der Waals surface area contributed by atoms with Gasteiger partial charge in [-0.3, -0.25) is 4.79 Å². The molecule has 3 unspecified atom stereocenters. The first kappa shape index (κ1) is 14.5. The van der Waals surface area contributed by atoms with Gasteiger partial charge >= 0.3 is 0 Å². The van der Waals surface area contributed by atoms with Crippen LogP contribution in [-0.2, 0) is 16.0 Å². The third-order valence-electron chi connectivity index (χ3n) is 4.63. The number of benzene rings is 1. The molecule has 1 aliphatic carbocycles. The fraction of sp³-hybridized carbons (Fsp3) is 0.588. The van der Waals surface area contributed by atoms with Crippen molar-refractivity contribution in [1.82, 2.24) is 4.90 Å². The molecule has 1 saturated heterocycles. The summed E-state index contributed by atoms with van der Waals surface area (Å²) in [6.07, 6.45) is 5.34. The first-order valence-corrected chi connectivity index (χ1v) is 7.97. The first-order chi connectivity index (χ1) is 10.3. The number of ether oxygens (including phenoxy) is 1. The van der Waals surface area contributed by atoms with Crippen LogP contribution in [0.5, 0.6) is 0 Å². The van der Waals surface area contributed by atoms with E-state index >= 15 is 0 Å². The van der Waals surface area contributed by atoms with E-state index in [0.717, 1.165) is 18.4 Å². The Bertz CT molecular complexity index is 475. The van der Waals surface area contributed by atoms with Gasteiger partial charge in [0.15, 0.2) is 0 Å². The highest BCUT2D eigenvalue weighted by Gasteiger charge is 2.37. The molecule has 0 aromatic heterocycles.